The van der Waals surface area contributed by atoms with Crippen molar-refractivity contribution in [1.82, 2.24) is 9.62 Å². The summed E-state index contributed by atoms with van der Waals surface area (Å²) in [6.45, 7) is 5.09. The first-order valence-electron chi connectivity index (χ1n) is 14.1. The highest BCUT2D eigenvalue weighted by atomic mass is 32.2. The third-order valence-corrected chi connectivity index (χ3v) is 11.3. The largest absolute Gasteiger partial charge is 0.483 e. The smallest absolute Gasteiger partial charge is 0.308 e. The Labute approximate surface area is 229 Å². The molecular formula is C30H36N2O6S. The predicted molar refractivity (Wildman–Crippen MR) is 145 cm³/mol. The van der Waals surface area contributed by atoms with Gasteiger partial charge in [-0.1, -0.05) is 30.3 Å². The third-order valence-electron chi connectivity index (χ3n) is 9.94. The van der Waals surface area contributed by atoms with Gasteiger partial charge in [-0.05, 0) is 80.7 Å². The van der Waals surface area contributed by atoms with Gasteiger partial charge in [0.15, 0.2) is 11.5 Å². The molecule has 7 rings (SSSR count). The van der Waals surface area contributed by atoms with E-state index >= 15 is 0 Å². The SMILES string of the molecule is CC(=O)Oc1ccc2c3c1O[C@H]1[C@@H](NS(=O)(=O)Cc4ccccc4C)CC[C@@]4(O)[C@@H](C2)N(CC2CC2)CC[C@]314. The van der Waals surface area contributed by atoms with Crippen molar-refractivity contribution < 1.29 is 27.8 Å². The number of benzene rings is 2. The minimum absolute atomic E-state index is 0.0551. The number of aryl methyl sites for hydroxylation is 1. The Hall–Kier alpha value is -2.46. The van der Waals surface area contributed by atoms with Crippen molar-refractivity contribution in [2.45, 2.75) is 87.3 Å². The Balaban J connectivity index is 1.29. The summed E-state index contributed by atoms with van der Waals surface area (Å²) < 4.78 is 42.2. The number of likely N-dealkylation sites (tertiary alicyclic amines) is 1. The minimum Gasteiger partial charge on any atom is -0.483 e. The number of carbonyl (C=O) groups excluding carboxylic acids is 1. The molecule has 3 fully saturated rings. The number of hydrogen-bond acceptors (Lipinski definition) is 7. The van der Waals surface area contributed by atoms with Gasteiger partial charge in [0.2, 0.25) is 10.0 Å². The van der Waals surface area contributed by atoms with Gasteiger partial charge in [0, 0.05) is 25.1 Å². The second kappa shape index (κ2) is 8.77. The molecule has 3 aliphatic carbocycles. The van der Waals surface area contributed by atoms with Crippen LogP contribution in [0.25, 0.3) is 0 Å². The summed E-state index contributed by atoms with van der Waals surface area (Å²) in [5, 5.41) is 12.7. The van der Waals surface area contributed by atoms with Gasteiger partial charge < -0.3 is 14.6 Å². The maximum Gasteiger partial charge on any atom is 0.308 e. The Morgan fingerprint density at radius 1 is 1.18 bits per heavy atom. The number of hydrogen-bond donors (Lipinski definition) is 2. The molecule has 2 N–H and O–H groups in total. The van der Waals surface area contributed by atoms with Crippen LogP contribution >= 0.6 is 0 Å². The summed E-state index contributed by atoms with van der Waals surface area (Å²) in [7, 11) is -3.70. The number of ether oxygens (including phenoxy) is 2. The van der Waals surface area contributed by atoms with Crippen LogP contribution in [0.5, 0.6) is 11.5 Å². The average molecular weight is 553 g/mol. The maximum atomic E-state index is 13.5. The molecule has 5 aliphatic rings. The van der Waals surface area contributed by atoms with Gasteiger partial charge in [-0.15, -0.1) is 0 Å². The topological polar surface area (TPSA) is 105 Å². The lowest BCUT2D eigenvalue weighted by Gasteiger charge is -2.64. The zero-order valence-electron chi connectivity index (χ0n) is 22.5. The van der Waals surface area contributed by atoms with E-state index in [0.29, 0.717) is 43.1 Å². The molecule has 208 valence electrons. The summed E-state index contributed by atoms with van der Waals surface area (Å²) in [4.78, 5) is 14.4. The van der Waals surface area contributed by atoms with Crippen LogP contribution in [-0.4, -0.2) is 61.3 Å². The van der Waals surface area contributed by atoms with Crippen LogP contribution in [0.3, 0.4) is 0 Å². The molecular weight excluding hydrogens is 516 g/mol. The first-order valence-corrected chi connectivity index (χ1v) is 15.8. The van der Waals surface area contributed by atoms with Crippen LogP contribution in [-0.2, 0) is 32.4 Å². The first-order chi connectivity index (χ1) is 18.6. The molecule has 2 aromatic carbocycles. The maximum absolute atomic E-state index is 13.5. The summed E-state index contributed by atoms with van der Waals surface area (Å²) in [5.74, 6) is 0.972. The van der Waals surface area contributed by atoms with Gasteiger partial charge in [-0.25, -0.2) is 13.1 Å². The van der Waals surface area contributed by atoms with E-state index in [1.54, 1.807) is 6.07 Å². The first kappa shape index (κ1) is 25.5. The second-order valence-electron chi connectivity index (χ2n) is 12.3. The summed E-state index contributed by atoms with van der Waals surface area (Å²) in [5.41, 5.74) is 1.87. The number of sulfonamides is 1. The molecule has 2 bridgehead atoms. The molecule has 2 aliphatic heterocycles. The molecule has 39 heavy (non-hydrogen) atoms. The van der Waals surface area contributed by atoms with Gasteiger partial charge >= 0.3 is 5.97 Å². The lowest BCUT2D eigenvalue weighted by molar-refractivity contribution is -0.190. The van der Waals surface area contributed by atoms with Gasteiger partial charge in [0.05, 0.1) is 22.8 Å². The van der Waals surface area contributed by atoms with Crippen molar-refractivity contribution in [1.29, 1.82) is 0 Å². The van der Waals surface area contributed by atoms with E-state index < -0.39 is 39.2 Å². The molecule has 0 unspecified atom stereocenters. The van der Waals surface area contributed by atoms with Gasteiger partial charge in [-0.3, -0.25) is 9.69 Å². The fourth-order valence-electron chi connectivity index (χ4n) is 8.08. The van der Waals surface area contributed by atoms with E-state index in [-0.39, 0.29) is 11.8 Å². The number of piperidine rings is 1. The minimum atomic E-state index is -3.70. The molecule has 0 aromatic heterocycles. The quantitative estimate of drug-likeness (QED) is 0.402. The van der Waals surface area contributed by atoms with Crippen molar-refractivity contribution in [2.75, 3.05) is 13.1 Å². The highest BCUT2D eigenvalue weighted by Crippen LogP contribution is 2.65. The fourth-order valence-corrected chi connectivity index (χ4v) is 9.60. The van der Waals surface area contributed by atoms with Gasteiger partial charge in [0.1, 0.15) is 6.10 Å². The van der Waals surface area contributed by atoms with Crippen LogP contribution < -0.4 is 14.2 Å². The van der Waals surface area contributed by atoms with Crippen LogP contribution in [0.15, 0.2) is 36.4 Å². The summed E-state index contributed by atoms with van der Waals surface area (Å²) >= 11 is 0. The number of aliphatic hydroxyl groups is 1. The molecule has 8 nitrogen and oxygen atoms in total. The molecule has 2 saturated carbocycles. The highest BCUT2D eigenvalue weighted by Gasteiger charge is 2.73. The summed E-state index contributed by atoms with van der Waals surface area (Å²) in [6, 6.07) is 10.7. The molecule has 2 aromatic rings. The fraction of sp³-hybridized carbons (Fsp3) is 0.567. The van der Waals surface area contributed by atoms with Gasteiger partial charge in [0.25, 0.3) is 0 Å². The number of nitrogens with one attached hydrogen (secondary N) is 1. The lowest BCUT2D eigenvalue weighted by Crippen LogP contribution is -2.78. The number of rotatable bonds is 7. The second-order valence-corrected chi connectivity index (χ2v) is 14.1. The van der Waals surface area contributed by atoms with E-state index in [4.69, 9.17) is 9.47 Å². The Morgan fingerprint density at radius 2 is 1.97 bits per heavy atom. The van der Waals surface area contributed by atoms with Crippen LogP contribution in [0.4, 0.5) is 0 Å². The van der Waals surface area contributed by atoms with E-state index in [9.17, 15) is 18.3 Å². The number of esters is 1. The zero-order chi connectivity index (χ0) is 27.2. The molecule has 2 heterocycles. The van der Waals surface area contributed by atoms with Crippen molar-refractivity contribution >= 4 is 16.0 Å². The molecule has 5 atom stereocenters. The Kier molecular flexibility index (Phi) is 5.73. The lowest BCUT2D eigenvalue weighted by atomic mass is 9.48. The van der Waals surface area contributed by atoms with Crippen LogP contribution in [0.1, 0.15) is 61.3 Å². The number of carbonyl (C=O) groups is 1. The van der Waals surface area contributed by atoms with E-state index in [1.807, 2.05) is 37.3 Å². The number of nitrogens with zero attached hydrogens (tertiary/aromatic N) is 1. The molecule has 0 radical (unpaired) electrons. The average Bonchev–Trinajstić information content (AvgIpc) is 3.61. The van der Waals surface area contributed by atoms with Crippen molar-refractivity contribution in [3.05, 3.63) is 58.7 Å². The zero-order valence-corrected chi connectivity index (χ0v) is 23.3. The summed E-state index contributed by atoms with van der Waals surface area (Å²) in [6.07, 6.45) is 4.21. The van der Waals surface area contributed by atoms with E-state index in [0.717, 1.165) is 35.3 Å². The Bertz CT molecular complexity index is 1460. The van der Waals surface area contributed by atoms with Crippen molar-refractivity contribution in [2.24, 2.45) is 5.92 Å². The van der Waals surface area contributed by atoms with Crippen LogP contribution in [0, 0.1) is 12.8 Å². The van der Waals surface area contributed by atoms with Crippen LogP contribution in [0.2, 0.25) is 0 Å². The van der Waals surface area contributed by atoms with E-state index in [1.165, 1.54) is 19.8 Å². The highest BCUT2D eigenvalue weighted by molar-refractivity contribution is 7.88. The molecule has 9 heteroatoms. The van der Waals surface area contributed by atoms with E-state index in [2.05, 4.69) is 9.62 Å². The molecule has 0 amide bonds. The predicted octanol–water partition coefficient (Wildman–Crippen LogP) is 2.97. The molecule has 1 spiro atoms. The Morgan fingerprint density at radius 3 is 2.72 bits per heavy atom. The molecule has 1 saturated heterocycles. The normalized spacial score (nSPS) is 32.8. The third kappa shape index (κ3) is 3.88. The van der Waals surface area contributed by atoms with Crippen molar-refractivity contribution in [3.63, 3.8) is 0 Å². The monoisotopic (exact) mass is 552 g/mol. The van der Waals surface area contributed by atoms with Gasteiger partial charge in [-0.2, -0.15) is 0 Å². The standard InChI is InChI=1S/C30H36N2O6S/c1-18-5-3-4-6-22(18)17-39(35,36)31-23-11-12-30(34)25-15-21-9-10-24(37-19(2)33)27-26(21)29(30,28(23)38-27)13-14-32(25)16-20-7-8-20/h3-6,9-10,20,23,25,28,31,34H,7-8,11-17H2,1-2H3/t23-,25+,28-,29-,30+/m0/s1. The van der Waals surface area contributed by atoms with Crippen molar-refractivity contribution in [3.8, 4) is 11.5 Å².